The molecule has 0 aromatic carbocycles. The minimum absolute atomic E-state index is 0.0223. The van der Waals surface area contributed by atoms with E-state index >= 15 is 0 Å². The molecule has 1 amide bonds. The van der Waals surface area contributed by atoms with Crippen LogP contribution >= 0.6 is 0 Å². The lowest BCUT2D eigenvalue weighted by molar-refractivity contribution is -0.152. The molecule has 2 rings (SSSR count). The Morgan fingerprint density at radius 1 is 1.38 bits per heavy atom. The topological polar surface area (TPSA) is 75.6 Å². The van der Waals surface area contributed by atoms with Crippen LogP contribution in [0.15, 0.2) is 0 Å². The third-order valence-corrected chi connectivity index (χ3v) is 3.43. The average Bonchev–Trinajstić information content (AvgIpc) is 2.63. The molecule has 0 radical (unpaired) electrons. The Hall–Kier alpha value is -1.10. The van der Waals surface area contributed by atoms with E-state index in [0.29, 0.717) is 19.4 Å². The maximum absolute atomic E-state index is 11.7. The van der Waals surface area contributed by atoms with Crippen LogP contribution in [0.4, 0.5) is 0 Å². The van der Waals surface area contributed by atoms with Gasteiger partial charge in [0.1, 0.15) is 5.54 Å². The highest BCUT2D eigenvalue weighted by atomic mass is 16.5. The van der Waals surface area contributed by atoms with Gasteiger partial charge < -0.3 is 15.2 Å². The molecule has 16 heavy (non-hydrogen) atoms. The molecule has 0 bridgehead atoms. The zero-order chi connectivity index (χ0) is 11.6. The first-order chi connectivity index (χ1) is 7.62. The van der Waals surface area contributed by atoms with Gasteiger partial charge in [-0.25, -0.2) is 4.79 Å². The van der Waals surface area contributed by atoms with Gasteiger partial charge in [0, 0.05) is 6.61 Å². The largest absolute Gasteiger partial charge is 0.480 e. The van der Waals surface area contributed by atoms with Gasteiger partial charge in [0.2, 0.25) is 5.91 Å². The number of aliphatic carboxylic acids is 1. The summed E-state index contributed by atoms with van der Waals surface area (Å²) in [5, 5.41) is 11.7. The van der Waals surface area contributed by atoms with Gasteiger partial charge in [-0.05, 0) is 32.1 Å². The number of carbonyl (C=O) groups is 2. The first kappa shape index (κ1) is 11.4. The highest BCUT2D eigenvalue weighted by Crippen LogP contribution is 2.32. The summed E-state index contributed by atoms with van der Waals surface area (Å²) in [6.07, 6.45) is 4.10. The third-order valence-electron chi connectivity index (χ3n) is 3.43. The fourth-order valence-corrected chi connectivity index (χ4v) is 2.25. The van der Waals surface area contributed by atoms with Crippen molar-refractivity contribution in [3.8, 4) is 0 Å². The highest BCUT2D eigenvalue weighted by Gasteiger charge is 2.45. The Bertz CT molecular complexity index is 292. The first-order valence-electron chi connectivity index (χ1n) is 5.78. The van der Waals surface area contributed by atoms with E-state index < -0.39 is 11.5 Å². The first-order valence-corrected chi connectivity index (χ1v) is 5.78. The Morgan fingerprint density at radius 2 is 2.12 bits per heavy atom. The second kappa shape index (κ2) is 4.41. The zero-order valence-electron chi connectivity index (χ0n) is 9.20. The summed E-state index contributed by atoms with van der Waals surface area (Å²) in [6, 6.07) is 0. The van der Waals surface area contributed by atoms with Crippen molar-refractivity contribution in [1.29, 1.82) is 0 Å². The van der Waals surface area contributed by atoms with E-state index in [0.717, 1.165) is 19.3 Å². The Labute approximate surface area is 94.2 Å². The number of ether oxygens (including phenoxy) is 1. The summed E-state index contributed by atoms with van der Waals surface area (Å²) in [5.41, 5.74) is -0.990. The third kappa shape index (κ3) is 2.19. The van der Waals surface area contributed by atoms with Crippen LogP contribution in [0.5, 0.6) is 0 Å². The molecular formula is C11H17NO4. The van der Waals surface area contributed by atoms with Crippen molar-refractivity contribution in [3.63, 3.8) is 0 Å². The van der Waals surface area contributed by atoms with E-state index in [1.54, 1.807) is 0 Å². The molecule has 2 fully saturated rings. The molecule has 1 atom stereocenters. The molecule has 0 aromatic heterocycles. The maximum atomic E-state index is 11.7. The average molecular weight is 227 g/mol. The number of hydrogen-bond donors (Lipinski definition) is 2. The SMILES string of the molecule is O=C(CC1CCCO1)NC1(C(=O)O)CCC1. The van der Waals surface area contributed by atoms with Crippen LogP contribution < -0.4 is 5.32 Å². The smallest absolute Gasteiger partial charge is 0.329 e. The van der Waals surface area contributed by atoms with Gasteiger partial charge in [-0.2, -0.15) is 0 Å². The number of carbonyl (C=O) groups excluding carboxylic acids is 1. The molecule has 90 valence electrons. The van der Waals surface area contributed by atoms with Crippen LogP contribution in [0.3, 0.4) is 0 Å². The lowest BCUT2D eigenvalue weighted by atomic mass is 9.76. The summed E-state index contributed by atoms with van der Waals surface area (Å²) >= 11 is 0. The molecule has 2 N–H and O–H groups in total. The molecule has 1 aliphatic heterocycles. The van der Waals surface area contributed by atoms with Gasteiger partial charge in [-0.1, -0.05) is 0 Å². The molecule has 0 spiro atoms. The van der Waals surface area contributed by atoms with Crippen LogP contribution in [0.25, 0.3) is 0 Å². The molecule has 1 saturated carbocycles. The summed E-state index contributed by atoms with van der Waals surface area (Å²) in [4.78, 5) is 22.7. The molecule has 5 nitrogen and oxygen atoms in total. The second-order valence-corrected chi connectivity index (χ2v) is 4.63. The number of hydrogen-bond acceptors (Lipinski definition) is 3. The number of rotatable bonds is 4. The van der Waals surface area contributed by atoms with E-state index in [1.807, 2.05) is 0 Å². The zero-order valence-corrected chi connectivity index (χ0v) is 9.20. The quantitative estimate of drug-likeness (QED) is 0.740. The van der Waals surface area contributed by atoms with Crippen molar-refractivity contribution >= 4 is 11.9 Å². The minimum Gasteiger partial charge on any atom is -0.480 e. The van der Waals surface area contributed by atoms with Gasteiger partial charge >= 0.3 is 5.97 Å². The van der Waals surface area contributed by atoms with E-state index in [2.05, 4.69) is 5.32 Å². The van der Waals surface area contributed by atoms with Gasteiger partial charge in [-0.3, -0.25) is 4.79 Å². The van der Waals surface area contributed by atoms with Crippen LogP contribution in [-0.4, -0.2) is 35.2 Å². The number of carboxylic acids is 1. The number of carboxylic acid groups (broad SMARTS) is 1. The fourth-order valence-electron chi connectivity index (χ4n) is 2.25. The van der Waals surface area contributed by atoms with E-state index in [9.17, 15) is 9.59 Å². The van der Waals surface area contributed by atoms with Crippen molar-refractivity contribution in [2.75, 3.05) is 6.61 Å². The molecule has 2 aliphatic rings. The summed E-state index contributed by atoms with van der Waals surface area (Å²) in [5.74, 6) is -1.12. The molecule has 5 heteroatoms. The highest BCUT2D eigenvalue weighted by molar-refractivity contribution is 5.88. The number of nitrogens with one attached hydrogen (secondary N) is 1. The van der Waals surface area contributed by atoms with Crippen LogP contribution in [0.2, 0.25) is 0 Å². The van der Waals surface area contributed by atoms with Crippen molar-refractivity contribution in [2.24, 2.45) is 0 Å². The second-order valence-electron chi connectivity index (χ2n) is 4.63. The Balaban J connectivity index is 1.83. The Morgan fingerprint density at radius 3 is 2.56 bits per heavy atom. The Kier molecular flexibility index (Phi) is 3.14. The fraction of sp³-hybridized carbons (Fsp3) is 0.818. The van der Waals surface area contributed by atoms with Gasteiger partial charge in [0.15, 0.2) is 0 Å². The van der Waals surface area contributed by atoms with Crippen molar-refractivity contribution in [2.45, 2.75) is 50.2 Å². The van der Waals surface area contributed by atoms with E-state index in [1.165, 1.54) is 0 Å². The lowest BCUT2D eigenvalue weighted by Gasteiger charge is -2.38. The minimum atomic E-state index is -0.990. The van der Waals surface area contributed by atoms with Crippen molar-refractivity contribution < 1.29 is 19.4 Å². The molecule has 1 unspecified atom stereocenters. The molecule has 1 aliphatic carbocycles. The monoisotopic (exact) mass is 227 g/mol. The molecule has 1 saturated heterocycles. The van der Waals surface area contributed by atoms with E-state index in [4.69, 9.17) is 9.84 Å². The van der Waals surface area contributed by atoms with Crippen LogP contribution in [0, 0.1) is 0 Å². The lowest BCUT2D eigenvalue weighted by Crippen LogP contribution is -2.59. The summed E-state index contributed by atoms with van der Waals surface area (Å²) < 4.78 is 5.34. The summed E-state index contributed by atoms with van der Waals surface area (Å²) in [6.45, 7) is 0.710. The van der Waals surface area contributed by atoms with Gasteiger partial charge in [0.25, 0.3) is 0 Å². The molecular weight excluding hydrogens is 210 g/mol. The molecule has 0 aromatic rings. The van der Waals surface area contributed by atoms with Gasteiger partial charge in [0.05, 0.1) is 12.5 Å². The molecule has 1 heterocycles. The van der Waals surface area contributed by atoms with Crippen LogP contribution in [0.1, 0.15) is 38.5 Å². The predicted octanol–water partition coefficient (Wildman–Crippen LogP) is 0.679. The van der Waals surface area contributed by atoms with Crippen molar-refractivity contribution in [1.82, 2.24) is 5.32 Å². The normalized spacial score (nSPS) is 27.1. The van der Waals surface area contributed by atoms with Crippen LogP contribution in [-0.2, 0) is 14.3 Å². The van der Waals surface area contributed by atoms with Crippen molar-refractivity contribution in [3.05, 3.63) is 0 Å². The van der Waals surface area contributed by atoms with Gasteiger partial charge in [-0.15, -0.1) is 0 Å². The maximum Gasteiger partial charge on any atom is 0.329 e. The standard InChI is InChI=1S/C11H17NO4/c13-9(7-8-3-1-6-16-8)12-11(10(14)15)4-2-5-11/h8H,1-7H2,(H,12,13)(H,14,15). The predicted molar refractivity (Wildman–Crippen MR) is 56.0 cm³/mol. The van der Waals surface area contributed by atoms with E-state index in [-0.39, 0.29) is 18.4 Å². The number of amides is 1. The summed E-state index contributed by atoms with van der Waals surface area (Å²) in [7, 11) is 0.